The highest BCUT2D eigenvalue weighted by Crippen LogP contribution is 2.34. The number of para-hydroxylation sites is 1. The van der Waals surface area contributed by atoms with Crippen LogP contribution in [0.15, 0.2) is 48.5 Å². The van der Waals surface area contributed by atoms with Crippen molar-refractivity contribution >= 4 is 29.1 Å². The van der Waals surface area contributed by atoms with Gasteiger partial charge in [0.2, 0.25) is 11.8 Å². The molecule has 1 aliphatic heterocycles. The molecule has 22 heavy (non-hydrogen) atoms. The van der Waals surface area contributed by atoms with Crippen molar-refractivity contribution in [2.24, 2.45) is 0 Å². The first-order valence-corrected chi connectivity index (χ1v) is 7.42. The lowest BCUT2D eigenvalue weighted by atomic mass is 9.97. The Balaban J connectivity index is 1.60. The maximum absolute atomic E-state index is 12.1. The third kappa shape index (κ3) is 3.12. The topological polar surface area (TPSA) is 58.2 Å². The van der Waals surface area contributed by atoms with Crippen molar-refractivity contribution in [2.45, 2.75) is 18.9 Å². The van der Waals surface area contributed by atoms with Gasteiger partial charge in [-0.3, -0.25) is 9.59 Å². The molecule has 0 fully saturated rings. The van der Waals surface area contributed by atoms with Crippen LogP contribution in [0.5, 0.6) is 0 Å². The molecule has 0 aromatic heterocycles. The fourth-order valence-electron chi connectivity index (χ4n) is 2.54. The van der Waals surface area contributed by atoms with Gasteiger partial charge in [-0.25, -0.2) is 0 Å². The SMILES string of the molecule is O=C(CC1C(=O)Nc2ccccc21)NCc1ccc(Cl)cc1. The Hall–Kier alpha value is -2.33. The maximum Gasteiger partial charge on any atom is 0.232 e. The zero-order valence-electron chi connectivity index (χ0n) is 11.8. The second kappa shape index (κ2) is 6.20. The first-order valence-electron chi connectivity index (χ1n) is 7.04. The van der Waals surface area contributed by atoms with Gasteiger partial charge in [0.15, 0.2) is 0 Å². The number of carbonyl (C=O) groups is 2. The minimum Gasteiger partial charge on any atom is -0.352 e. The molecule has 1 aliphatic rings. The van der Waals surface area contributed by atoms with E-state index < -0.39 is 5.92 Å². The maximum atomic E-state index is 12.1. The number of anilines is 1. The molecular formula is C17H15ClN2O2. The highest BCUT2D eigenvalue weighted by molar-refractivity contribution is 6.30. The minimum atomic E-state index is -0.415. The lowest BCUT2D eigenvalue weighted by Gasteiger charge is -2.09. The molecule has 2 amide bonds. The summed E-state index contributed by atoms with van der Waals surface area (Å²) >= 11 is 5.82. The van der Waals surface area contributed by atoms with Crippen LogP contribution in [0.25, 0.3) is 0 Å². The molecule has 4 nitrogen and oxygen atoms in total. The van der Waals surface area contributed by atoms with E-state index >= 15 is 0 Å². The van der Waals surface area contributed by atoms with Crippen molar-refractivity contribution in [1.29, 1.82) is 0 Å². The van der Waals surface area contributed by atoms with Crippen LogP contribution >= 0.6 is 11.6 Å². The summed E-state index contributed by atoms with van der Waals surface area (Å²) in [5.41, 5.74) is 2.64. The van der Waals surface area contributed by atoms with Crippen LogP contribution in [0.1, 0.15) is 23.5 Å². The molecule has 1 heterocycles. The molecule has 0 aliphatic carbocycles. The van der Waals surface area contributed by atoms with Crippen molar-refractivity contribution in [3.8, 4) is 0 Å². The summed E-state index contributed by atoms with van der Waals surface area (Å²) in [5.74, 6) is -0.684. The van der Waals surface area contributed by atoms with Gasteiger partial charge in [-0.1, -0.05) is 41.9 Å². The van der Waals surface area contributed by atoms with Gasteiger partial charge in [0.05, 0.1) is 5.92 Å². The number of hydrogen-bond donors (Lipinski definition) is 2. The average molecular weight is 315 g/mol. The lowest BCUT2D eigenvalue weighted by molar-refractivity contribution is -0.125. The molecule has 1 atom stereocenters. The smallest absolute Gasteiger partial charge is 0.232 e. The summed E-state index contributed by atoms with van der Waals surface area (Å²) in [4.78, 5) is 24.1. The Kier molecular flexibility index (Phi) is 4.11. The van der Waals surface area contributed by atoms with Gasteiger partial charge < -0.3 is 10.6 Å². The summed E-state index contributed by atoms with van der Waals surface area (Å²) in [5, 5.41) is 6.30. The van der Waals surface area contributed by atoms with Crippen molar-refractivity contribution < 1.29 is 9.59 Å². The van der Waals surface area contributed by atoms with Crippen LogP contribution in [0.4, 0.5) is 5.69 Å². The van der Waals surface area contributed by atoms with E-state index in [1.807, 2.05) is 36.4 Å². The first kappa shape index (κ1) is 14.6. The molecule has 0 saturated heterocycles. The van der Waals surface area contributed by atoms with Crippen LogP contribution in [0.2, 0.25) is 5.02 Å². The van der Waals surface area contributed by atoms with Gasteiger partial charge in [-0.15, -0.1) is 0 Å². The Labute approximate surface area is 133 Å². The van der Waals surface area contributed by atoms with Crippen LogP contribution in [0.3, 0.4) is 0 Å². The van der Waals surface area contributed by atoms with Crippen LogP contribution in [0, 0.1) is 0 Å². The van der Waals surface area contributed by atoms with Crippen LogP contribution < -0.4 is 10.6 Å². The standard InChI is InChI=1S/C17H15ClN2O2/c18-12-7-5-11(6-8-12)10-19-16(21)9-14-13-3-1-2-4-15(13)20-17(14)22/h1-8,14H,9-10H2,(H,19,21)(H,20,22). The summed E-state index contributed by atoms with van der Waals surface area (Å²) in [6.45, 7) is 0.423. The summed E-state index contributed by atoms with van der Waals surface area (Å²) in [6.07, 6.45) is 0.149. The molecular weight excluding hydrogens is 300 g/mol. The second-order valence-electron chi connectivity index (χ2n) is 5.24. The Bertz CT molecular complexity index is 713. The van der Waals surface area contributed by atoms with Crippen molar-refractivity contribution in [2.75, 3.05) is 5.32 Å². The number of amides is 2. The number of rotatable bonds is 4. The van der Waals surface area contributed by atoms with E-state index in [1.165, 1.54) is 0 Å². The second-order valence-corrected chi connectivity index (χ2v) is 5.67. The monoisotopic (exact) mass is 314 g/mol. The third-order valence-corrected chi connectivity index (χ3v) is 3.95. The number of fused-ring (bicyclic) bond motifs is 1. The van der Waals surface area contributed by atoms with Crippen LogP contribution in [-0.2, 0) is 16.1 Å². The highest BCUT2D eigenvalue weighted by Gasteiger charge is 2.31. The van der Waals surface area contributed by atoms with E-state index in [0.29, 0.717) is 11.6 Å². The summed E-state index contributed by atoms with van der Waals surface area (Å²) in [7, 11) is 0. The predicted molar refractivity (Wildman–Crippen MR) is 85.7 cm³/mol. The lowest BCUT2D eigenvalue weighted by Crippen LogP contribution is -2.26. The zero-order chi connectivity index (χ0) is 15.5. The van der Waals surface area contributed by atoms with Crippen LogP contribution in [-0.4, -0.2) is 11.8 Å². The number of benzene rings is 2. The van der Waals surface area contributed by atoms with Gasteiger partial charge in [0.25, 0.3) is 0 Å². The molecule has 0 spiro atoms. The fraction of sp³-hybridized carbons (Fsp3) is 0.176. The highest BCUT2D eigenvalue weighted by atomic mass is 35.5. The number of carbonyl (C=O) groups excluding carboxylic acids is 2. The molecule has 2 aromatic carbocycles. The molecule has 2 aromatic rings. The molecule has 3 rings (SSSR count). The zero-order valence-corrected chi connectivity index (χ0v) is 12.6. The molecule has 5 heteroatoms. The van der Waals surface area contributed by atoms with E-state index in [9.17, 15) is 9.59 Å². The largest absolute Gasteiger partial charge is 0.352 e. The normalized spacial score (nSPS) is 16.0. The average Bonchev–Trinajstić information content (AvgIpc) is 2.83. The summed E-state index contributed by atoms with van der Waals surface area (Å²) < 4.78 is 0. The van der Waals surface area contributed by atoms with Gasteiger partial charge >= 0.3 is 0 Å². The predicted octanol–water partition coefficient (Wildman–Crippen LogP) is 3.08. The molecule has 112 valence electrons. The Morgan fingerprint density at radius 2 is 1.86 bits per heavy atom. The van der Waals surface area contributed by atoms with Crippen molar-refractivity contribution in [3.05, 3.63) is 64.7 Å². The number of hydrogen-bond acceptors (Lipinski definition) is 2. The summed E-state index contributed by atoms with van der Waals surface area (Å²) in [6, 6.07) is 14.7. The van der Waals surface area contributed by atoms with E-state index in [1.54, 1.807) is 12.1 Å². The molecule has 1 unspecified atom stereocenters. The van der Waals surface area contributed by atoms with Crippen molar-refractivity contribution in [3.63, 3.8) is 0 Å². The fourth-order valence-corrected chi connectivity index (χ4v) is 2.66. The number of nitrogens with one attached hydrogen (secondary N) is 2. The Morgan fingerprint density at radius 3 is 2.64 bits per heavy atom. The molecule has 0 bridgehead atoms. The van der Waals surface area contributed by atoms with Gasteiger partial charge in [-0.05, 0) is 29.3 Å². The van der Waals surface area contributed by atoms with E-state index in [0.717, 1.165) is 16.8 Å². The van der Waals surface area contributed by atoms with Gasteiger partial charge in [0.1, 0.15) is 0 Å². The van der Waals surface area contributed by atoms with E-state index in [4.69, 9.17) is 11.6 Å². The first-order chi connectivity index (χ1) is 10.6. The van der Waals surface area contributed by atoms with Gasteiger partial charge in [0, 0.05) is 23.7 Å². The minimum absolute atomic E-state index is 0.122. The van der Waals surface area contributed by atoms with E-state index in [2.05, 4.69) is 10.6 Å². The molecule has 0 saturated carbocycles. The number of halogens is 1. The molecule has 0 radical (unpaired) electrons. The molecule has 2 N–H and O–H groups in total. The van der Waals surface area contributed by atoms with Crippen molar-refractivity contribution in [1.82, 2.24) is 5.32 Å². The Morgan fingerprint density at radius 1 is 1.14 bits per heavy atom. The third-order valence-electron chi connectivity index (χ3n) is 3.70. The quantitative estimate of drug-likeness (QED) is 0.911. The van der Waals surface area contributed by atoms with Gasteiger partial charge in [-0.2, -0.15) is 0 Å². The van der Waals surface area contributed by atoms with E-state index in [-0.39, 0.29) is 18.2 Å².